The highest BCUT2D eigenvalue weighted by molar-refractivity contribution is 5.25. The molecule has 0 spiro atoms. The van der Waals surface area contributed by atoms with Gasteiger partial charge >= 0.3 is 0 Å². The van der Waals surface area contributed by atoms with Gasteiger partial charge in [-0.15, -0.1) is 0 Å². The molecule has 2 N–H and O–H groups in total. The van der Waals surface area contributed by atoms with Crippen LogP contribution < -0.4 is 5.73 Å². The summed E-state index contributed by atoms with van der Waals surface area (Å²) in [6.07, 6.45) is 0. The molecule has 0 saturated carbocycles. The highest BCUT2D eigenvalue weighted by Gasteiger charge is 2.06. The van der Waals surface area contributed by atoms with Crippen molar-refractivity contribution in [2.24, 2.45) is 5.73 Å². The largest absolute Gasteiger partial charge is 0.326 e. The standard InChI is InChI=1S/C16H18F2N2/c1-20(10-12-3-2-4-15(17)8-12)11-13-5-6-16(18)14(7-13)9-19/h2-8H,9-11,19H2,1H3. The molecule has 0 fully saturated rings. The molecular weight excluding hydrogens is 258 g/mol. The van der Waals surface area contributed by atoms with Gasteiger partial charge in [0.05, 0.1) is 0 Å². The summed E-state index contributed by atoms with van der Waals surface area (Å²) < 4.78 is 26.5. The zero-order chi connectivity index (χ0) is 14.5. The van der Waals surface area contributed by atoms with Gasteiger partial charge in [0.1, 0.15) is 11.6 Å². The zero-order valence-electron chi connectivity index (χ0n) is 11.4. The number of hydrogen-bond donors (Lipinski definition) is 1. The number of halogens is 2. The van der Waals surface area contributed by atoms with E-state index in [1.54, 1.807) is 18.2 Å². The topological polar surface area (TPSA) is 29.3 Å². The molecule has 0 unspecified atom stereocenters. The average Bonchev–Trinajstić information content (AvgIpc) is 2.41. The molecule has 0 heterocycles. The molecule has 0 aliphatic rings. The van der Waals surface area contributed by atoms with Crippen molar-refractivity contribution in [1.29, 1.82) is 0 Å². The SMILES string of the molecule is CN(Cc1cccc(F)c1)Cc1ccc(F)c(CN)c1. The fraction of sp³-hybridized carbons (Fsp3) is 0.250. The van der Waals surface area contributed by atoms with Crippen LogP contribution in [-0.2, 0) is 19.6 Å². The third-order valence-electron chi connectivity index (χ3n) is 3.12. The summed E-state index contributed by atoms with van der Waals surface area (Å²) in [5.74, 6) is -0.507. The zero-order valence-corrected chi connectivity index (χ0v) is 11.4. The second-order valence-corrected chi connectivity index (χ2v) is 4.93. The molecule has 0 saturated heterocycles. The first-order chi connectivity index (χ1) is 9.58. The van der Waals surface area contributed by atoms with Gasteiger partial charge in [-0.1, -0.05) is 24.3 Å². The normalized spacial score (nSPS) is 11.1. The van der Waals surface area contributed by atoms with Crippen molar-refractivity contribution in [1.82, 2.24) is 4.90 Å². The molecule has 0 bridgehead atoms. The van der Waals surface area contributed by atoms with E-state index in [1.807, 2.05) is 18.0 Å². The Kier molecular flexibility index (Phi) is 4.82. The van der Waals surface area contributed by atoms with E-state index in [9.17, 15) is 8.78 Å². The molecule has 0 radical (unpaired) electrons. The molecular formula is C16H18F2N2. The van der Waals surface area contributed by atoms with Crippen molar-refractivity contribution in [3.63, 3.8) is 0 Å². The third kappa shape index (κ3) is 3.85. The van der Waals surface area contributed by atoms with E-state index < -0.39 is 0 Å². The van der Waals surface area contributed by atoms with E-state index in [-0.39, 0.29) is 18.2 Å². The number of benzene rings is 2. The molecule has 0 atom stereocenters. The second kappa shape index (κ2) is 6.59. The van der Waals surface area contributed by atoms with Crippen LogP contribution in [0.4, 0.5) is 8.78 Å². The maximum atomic E-state index is 13.4. The molecule has 0 aromatic heterocycles. The number of nitrogens with zero attached hydrogens (tertiary/aromatic N) is 1. The first-order valence-electron chi connectivity index (χ1n) is 6.49. The second-order valence-electron chi connectivity index (χ2n) is 4.93. The summed E-state index contributed by atoms with van der Waals surface area (Å²) in [7, 11) is 1.94. The summed E-state index contributed by atoms with van der Waals surface area (Å²) in [6, 6.07) is 11.5. The van der Waals surface area contributed by atoms with Gasteiger partial charge in [-0.05, 0) is 36.4 Å². The number of nitrogens with two attached hydrogens (primary N) is 1. The van der Waals surface area contributed by atoms with Gasteiger partial charge in [0.25, 0.3) is 0 Å². The lowest BCUT2D eigenvalue weighted by Gasteiger charge is -2.17. The Morgan fingerprint density at radius 2 is 1.70 bits per heavy atom. The highest BCUT2D eigenvalue weighted by atomic mass is 19.1. The van der Waals surface area contributed by atoms with Gasteiger partial charge < -0.3 is 5.73 Å². The molecule has 0 aliphatic carbocycles. The van der Waals surface area contributed by atoms with Crippen LogP contribution in [0.1, 0.15) is 16.7 Å². The Morgan fingerprint density at radius 3 is 2.35 bits per heavy atom. The number of hydrogen-bond acceptors (Lipinski definition) is 2. The van der Waals surface area contributed by atoms with Crippen molar-refractivity contribution in [3.8, 4) is 0 Å². The van der Waals surface area contributed by atoms with Gasteiger partial charge in [0.15, 0.2) is 0 Å². The van der Waals surface area contributed by atoms with Gasteiger partial charge in [-0.25, -0.2) is 8.78 Å². The van der Waals surface area contributed by atoms with Crippen molar-refractivity contribution < 1.29 is 8.78 Å². The summed E-state index contributed by atoms with van der Waals surface area (Å²) in [5.41, 5.74) is 7.91. The summed E-state index contributed by atoms with van der Waals surface area (Å²) in [4.78, 5) is 2.04. The van der Waals surface area contributed by atoms with Crippen LogP contribution in [0.15, 0.2) is 42.5 Å². The van der Waals surface area contributed by atoms with Gasteiger partial charge in [0, 0.05) is 25.2 Å². The first-order valence-corrected chi connectivity index (χ1v) is 6.49. The van der Waals surface area contributed by atoms with E-state index in [4.69, 9.17) is 5.73 Å². The van der Waals surface area contributed by atoms with E-state index in [0.717, 1.165) is 11.1 Å². The van der Waals surface area contributed by atoms with Crippen molar-refractivity contribution >= 4 is 0 Å². The lowest BCUT2D eigenvalue weighted by atomic mass is 10.1. The molecule has 2 aromatic carbocycles. The smallest absolute Gasteiger partial charge is 0.127 e. The molecule has 2 rings (SSSR count). The highest BCUT2D eigenvalue weighted by Crippen LogP contribution is 2.13. The van der Waals surface area contributed by atoms with E-state index >= 15 is 0 Å². The minimum Gasteiger partial charge on any atom is -0.326 e. The van der Waals surface area contributed by atoms with Gasteiger partial charge in [-0.2, -0.15) is 0 Å². The predicted molar refractivity (Wildman–Crippen MR) is 75.9 cm³/mol. The monoisotopic (exact) mass is 276 g/mol. The van der Waals surface area contributed by atoms with E-state index in [2.05, 4.69) is 0 Å². The Morgan fingerprint density at radius 1 is 1.00 bits per heavy atom. The number of rotatable bonds is 5. The summed E-state index contributed by atoms with van der Waals surface area (Å²) in [6.45, 7) is 1.48. The Balaban J connectivity index is 2.02. The molecule has 106 valence electrons. The van der Waals surface area contributed by atoms with E-state index in [0.29, 0.717) is 18.7 Å². The van der Waals surface area contributed by atoms with Gasteiger partial charge in [0.2, 0.25) is 0 Å². The molecule has 2 aromatic rings. The van der Waals surface area contributed by atoms with Crippen molar-refractivity contribution in [2.75, 3.05) is 7.05 Å². The Labute approximate surface area is 117 Å². The minimum atomic E-state index is -0.274. The van der Waals surface area contributed by atoms with Crippen molar-refractivity contribution in [2.45, 2.75) is 19.6 Å². The van der Waals surface area contributed by atoms with E-state index in [1.165, 1.54) is 18.2 Å². The molecule has 4 heteroatoms. The fourth-order valence-corrected chi connectivity index (χ4v) is 2.20. The Hall–Kier alpha value is -1.78. The lowest BCUT2D eigenvalue weighted by Crippen LogP contribution is -2.17. The van der Waals surface area contributed by atoms with Crippen LogP contribution in [0.25, 0.3) is 0 Å². The van der Waals surface area contributed by atoms with Crippen LogP contribution in [-0.4, -0.2) is 11.9 Å². The fourth-order valence-electron chi connectivity index (χ4n) is 2.20. The molecule has 0 amide bonds. The van der Waals surface area contributed by atoms with Crippen molar-refractivity contribution in [3.05, 3.63) is 70.8 Å². The summed E-state index contributed by atoms with van der Waals surface area (Å²) in [5, 5.41) is 0. The molecule has 20 heavy (non-hydrogen) atoms. The maximum Gasteiger partial charge on any atom is 0.127 e. The van der Waals surface area contributed by atoms with Crippen LogP contribution in [0, 0.1) is 11.6 Å². The third-order valence-corrected chi connectivity index (χ3v) is 3.12. The van der Waals surface area contributed by atoms with Crippen LogP contribution in [0.2, 0.25) is 0 Å². The predicted octanol–water partition coefficient (Wildman–Crippen LogP) is 3.06. The van der Waals surface area contributed by atoms with Crippen LogP contribution in [0.3, 0.4) is 0 Å². The van der Waals surface area contributed by atoms with Crippen LogP contribution >= 0.6 is 0 Å². The quantitative estimate of drug-likeness (QED) is 0.909. The Bertz CT molecular complexity index is 584. The minimum absolute atomic E-state index is 0.188. The average molecular weight is 276 g/mol. The lowest BCUT2D eigenvalue weighted by molar-refractivity contribution is 0.318. The first kappa shape index (κ1) is 14.6. The van der Waals surface area contributed by atoms with Crippen LogP contribution in [0.5, 0.6) is 0 Å². The van der Waals surface area contributed by atoms with Gasteiger partial charge in [-0.3, -0.25) is 4.90 Å². The molecule has 2 nitrogen and oxygen atoms in total. The molecule has 0 aliphatic heterocycles. The maximum absolute atomic E-state index is 13.4. The summed E-state index contributed by atoms with van der Waals surface area (Å²) >= 11 is 0.